The van der Waals surface area contributed by atoms with E-state index in [1.807, 2.05) is 11.3 Å². The molecule has 0 spiro atoms. The van der Waals surface area contributed by atoms with E-state index in [0.717, 1.165) is 18.1 Å². The Morgan fingerprint density at radius 1 is 1.35 bits per heavy atom. The summed E-state index contributed by atoms with van der Waals surface area (Å²) in [5, 5.41) is 6.82. The summed E-state index contributed by atoms with van der Waals surface area (Å²) >= 11 is 7.67. The van der Waals surface area contributed by atoms with Crippen LogP contribution in [0.4, 0.5) is 0 Å². The number of nitrogens with zero attached hydrogens (tertiary/aromatic N) is 1. The standard InChI is InChI=1S/C19H32N2S2/c1-3-5-6-10-16(4-2)20-19(22)21(17-11-7-8-12-17)15-18-13-9-14-23-18/h9,13-14,16-17H,3-8,10-12,15H2,1-2H3,(H,20,22). The van der Waals surface area contributed by atoms with Crippen LogP contribution in [0.5, 0.6) is 0 Å². The second-order valence-corrected chi connectivity index (χ2v) is 8.11. The Bertz CT molecular complexity index is 438. The van der Waals surface area contributed by atoms with Crippen LogP contribution < -0.4 is 5.32 Å². The Hall–Kier alpha value is -0.610. The average Bonchev–Trinajstić information content (AvgIpc) is 3.24. The van der Waals surface area contributed by atoms with E-state index >= 15 is 0 Å². The van der Waals surface area contributed by atoms with Gasteiger partial charge in [-0.2, -0.15) is 0 Å². The first kappa shape index (κ1) is 18.7. The van der Waals surface area contributed by atoms with Crippen LogP contribution in [0.1, 0.15) is 76.5 Å². The zero-order chi connectivity index (χ0) is 16.5. The first-order chi connectivity index (χ1) is 11.2. The molecule has 0 bridgehead atoms. The minimum absolute atomic E-state index is 0.529. The third-order valence-electron chi connectivity index (χ3n) is 4.91. The number of rotatable bonds is 9. The van der Waals surface area contributed by atoms with E-state index < -0.39 is 0 Å². The van der Waals surface area contributed by atoms with Crippen molar-refractivity contribution in [2.75, 3.05) is 0 Å². The van der Waals surface area contributed by atoms with Gasteiger partial charge in [0.15, 0.2) is 5.11 Å². The van der Waals surface area contributed by atoms with Crippen LogP contribution in [0.2, 0.25) is 0 Å². The number of unbranched alkanes of at least 4 members (excludes halogenated alkanes) is 2. The Labute approximate surface area is 151 Å². The van der Waals surface area contributed by atoms with Crippen molar-refractivity contribution < 1.29 is 0 Å². The van der Waals surface area contributed by atoms with E-state index in [-0.39, 0.29) is 0 Å². The van der Waals surface area contributed by atoms with Gasteiger partial charge in [0.25, 0.3) is 0 Å². The normalized spacial score (nSPS) is 16.4. The molecule has 1 aliphatic rings. The van der Waals surface area contributed by atoms with Crippen molar-refractivity contribution >= 4 is 28.7 Å². The molecule has 0 aromatic carbocycles. The van der Waals surface area contributed by atoms with Gasteiger partial charge < -0.3 is 10.2 Å². The zero-order valence-corrected chi connectivity index (χ0v) is 16.4. The Morgan fingerprint density at radius 2 is 2.13 bits per heavy atom. The number of hydrogen-bond donors (Lipinski definition) is 1. The lowest BCUT2D eigenvalue weighted by atomic mass is 10.1. The minimum Gasteiger partial charge on any atom is -0.360 e. The van der Waals surface area contributed by atoms with Crippen molar-refractivity contribution in [3.8, 4) is 0 Å². The maximum Gasteiger partial charge on any atom is 0.169 e. The summed E-state index contributed by atoms with van der Waals surface area (Å²) in [5.41, 5.74) is 0. The zero-order valence-electron chi connectivity index (χ0n) is 14.7. The lowest BCUT2D eigenvalue weighted by Gasteiger charge is -2.33. The molecule has 1 aromatic rings. The molecular formula is C19H32N2S2. The third kappa shape index (κ3) is 6.07. The van der Waals surface area contributed by atoms with Crippen molar-refractivity contribution in [1.82, 2.24) is 10.2 Å². The summed E-state index contributed by atoms with van der Waals surface area (Å²) in [7, 11) is 0. The molecule has 4 heteroatoms. The van der Waals surface area contributed by atoms with Gasteiger partial charge >= 0.3 is 0 Å². The molecule has 0 radical (unpaired) electrons. The molecule has 2 rings (SSSR count). The van der Waals surface area contributed by atoms with E-state index in [0.29, 0.717) is 12.1 Å². The van der Waals surface area contributed by atoms with Crippen molar-refractivity contribution in [3.63, 3.8) is 0 Å². The smallest absolute Gasteiger partial charge is 0.169 e. The summed E-state index contributed by atoms with van der Waals surface area (Å²) in [6.07, 6.45) is 11.6. The van der Waals surface area contributed by atoms with Crippen LogP contribution in [0, 0.1) is 0 Å². The van der Waals surface area contributed by atoms with Gasteiger partial charge in [0.1, 0.15) is 0 Å². The SMILES string of the molecule is CCCCCC(CC)NC(=S)N(Cc1cccs1)C1CCCC1. The van der Waals surface area contributed by atoms with Crippen LogP contribution in [-0.2, 0) is 6.54 Å². The number of nitrogens with one attached hydrogen (secondary N) is 1. The van der Waals surface area contributed by atoms with Gasteiger partial charge in [-0.25, -0.2) is 0 Å². The molecule has 1 atom stereocenters. The van der Waals surface area contributed by atoms with E-state index in [9.17, 15) is 0 Å². The summed E-state index contributed by atoms with van der Waals surface area (Å²) in [4.78, 5) is 3.89. The number of thiophene rings is 1. The molecule has 0 amide bonds. The molecule has 1 aromatic heterocycles. The Balaban J connectivity index is 1.94. The molecule has 2 nitrogen and oxygen atoms in total. The summed E-state index contributed by atoms with van der Waals surface area (Å²) in [6, 6.07) is 5.53. The highest BCUT2D eigenvalue weighted by Gasteiger charge is 2.25. The lowest BCUT2D eigenvalue weighted by molar-refractivity contribution is 0.300. The van der Waals surface area contributed by atoms with Crippen LogP contribution in [0.15, 0.2) is 17.5 Å². The second-order valence-electron chi connectivity index (χ2n) is 6.70. The molecule has 1 fully saturated rings. The molecule has 0 aliphatic heterocycles. The van der Waals surface area contributed by atoms with Crippen molar-refractivity contribution in [1.29, 1.82) is 0 Å². The van der Waals surface area contributed by atoms with Crippen molar-refractivity contribution in [2.45, 2.75) is 90.3 Å². The Kier molecular flexibility index (Phi) is 8.38. The van der Waals surface area contributed by atoms with Crippen LogP contribution in [-0.4, -0.2) is 22.1 Å². The van der Waals surface area contributed by atoms with E-state index in [1.54, 1.807) is 0 Å². The van der Waals surface area contributed by atoms with E-state index in [4.69, 9.17) is 12.2 Å². The molecule has 23 heavy (non-hydrogen) atoms. The maximum absolute atomic E-state index is 5.83. The predicted molar refractivity (Wildman–Crippen MR) is 106 cm³/mol. The molecule has 130 valence electrons. The fraction of sp³-hybridized carbons (Fsp3) is 0.737. The van der Waals surface area contributed by atoms with Crippen molar-refractivity contribution in [2.24, 2.45) is 0 Å². The first-order valence-electron chi connectivity index (χ1n) is 9.34. The average molecular weight is 353 g/mol. The summed E-state index contributed by atoms with van der Waals surface area (Å²) < 4.78 is 0. The van der Waals surface area contributed by atoms with E-state index in [2.05, 4.69) is 41.6 Å². The lowest BCUT2D eigenvalue weighted by Crippen LogP contribution is -2.47. The molecule has 1 saturated carbocycles. The molecular weight excluding hydrogens is 320 g/mol. The third-order valence-corrected chi connectivity index (χ3v) is 6.12. The fourth-order valence-corrected chi connectivity index (χ4v) is 4.51. The second kappa shape index (κ2) is 10.3. The monoisotopic (exact) mass is 352 g/mol. The summed E-state index contributed by atoms with van der Waals surface area (Å²) in [6.45, 7) is 5.51. The van der Waals surface area contributed by atoms with Crippen LogP contribution >= 0.6 is 23.6 Å². The molecule has 1 aliphatic carbocycles. The van der Waals surface area contributed by atoms with Crippen molar-refractivity contribution in [3.05, 3.63) is 22.4 Å². The highest BCUT2D eigenvalue weighted by molar-refractivity contribution is 7.80. The van der Waals surface area contributed by atoms with Gasteiger partial charge in [-0.15, -0.1) is 11.3 Å². The maximum atomic E-state index is 5.83. The quantitative estimate of drug-likeness (QED) is 0.451. The summed E-state index contributed by atoms with van der Waals surface area (Å²) in [5.74, 6) is 0. The topological polar surface area (TPSA) is 15.3 Å². The minimum atomic E-state index is 0.529. The first-order valence-corrected chi connectivity index (χ1v) is 10.6. The van der Waals surface area contributed by atoms with Gasteiger partial charge in [0, 0.05) is 17.0 Å². The molecule has 1 unspecified atom stereocenters. The molecule has 1 N–H and O–H groups in total. The predicted octanol–water partition coefficient (Wildman–Crippen LogP) is 5.73. The highest BCUT2D eigenvalue weighted by Crippen LogP contribution is 2.26. The van der Waals surface area contributed by atoms with Gasteiger partial charge in [0.2, 0.25) is 0 Å². The molecule has 1 heterocycles. The van der Waals surface area contributed by atoms with Crippen LogP contribution in [0.3, 0.4) is 0 Å². The molecule has 0 saturated heterocycles. The van der Waals surface area contributed by atoms with Crippen LogP contribution in [0.25, 0.3) is 0 Å². The van der Waals surface area contributed by atoms with Gasteiger partial charge in [-0.1, -0.05) is 52.0 Å². The number of thiocarbonyl (C=S) groups is 1. The van der Waals surface area contributed by atoms with Gasteiger partial charge in [-0.05, 0) is 49.3 Å². The fourth-order valence-electron chi connectivity index (χ4n) is 3.43. The number of hydrogen-bond acceptors (Lipinski definition) is 2. The van der Waals surface area contributed by atoms with E-state index in [1.165, 1.54) is 56.2 Å². The Morgan fingerprint density at radius 3 is 2.74 bits per heavy atom. The van der Waals surface area contributed by atoms with Gasteiger partial charge in [-0.3, -0.25) is 0 Å². The highest BCUT2D eigenvalue weighted by atomic mass is 32.1. The van der Waals surface area contributed by atoms with Gasteiger partial charge in [0.05, 0.1) is 6.54 Å². The largest absolute Gasteiger partial charge is 0.360 e.